The van der Waals surface area contributed by atoms with E-state index in [9.17, 15) is 19.2 Å². The number of carbonyl (C=O) groups excluding carboxylic acids is 4. The number of nitrogens with one attached hydrogen (secondary N) is 2. The van der Waals surface area contributed by atoms with Gasteiger partial charge in [0, 0.05) is 23.7 Å². The average molecular weight is 416 g/mol. The number of ether oxygens (including phenoxy) is 1. The van der Waals surface area contributed by atoms with Crippen molar-refractivity contribution in [3.8, 4) is 0 Å². The molecule has 0 fully saturated rings. The second kappa shape index (κ2) is 9.98. The van der Waals surface area contributed by atoms with E-state index in [4.69, 9.17) is 4.74 Å². The standard InChI is InChI=1S/C24H20N2O5/c1-25-24(30)26-22(28)21(18-10-6-3-7-11-18)31-23(29)19-14-12-17(13-15-19)20(27)16-8-4-2-5-9-16/h2-15,21H,1H3,(H2,25,26,28,30)/t21-/m1/s1. The summed E-state index contributed by atoms with van der Waals surface area (Å²) in [5.74, 6) is -1.72. The maximum Gasteiger partial charge on any atom is 0.339 e. The summed E-state index contributed by atoms with van der Waals surface area (Å²) in [6.07, 6.45) is -1.32. The summed E-state index contributed by atoms with van der Waals surface area (Å²) in [5.41, 5.74) is 1.53. The van der Waals surface area contributed by atoms with Crippen LogP contribution in [0.15, 0.2) is 84.9 Å². The molecule has 3 amide bonds. The maximum absolute atomic E-state index is 12.7. The van der Waals surface area contributed by atoms with Crippen LogP contribution in [0.25, 0.3) is 0 Å². The molecule has 7 nitrogen and oxygen atoms in total. The third-order valence-corrected chi connectivity index (χ3v) is 4.45. The zero-order valence-electron chi connectivity index (χ0n) is 16.7. The quantitative estimate of drug-likeness (QED) is 0.474. The van der Waals surface area contributed by atoms with Gasteiger partial charge in [-0.15, -0.1) is 0 Å². The van der Waals surface area contributed by atoms with Gasteiger partial charge in [-0.05, 0) is 12.1 Å². The van der Waals surface area contributed by atoms with E-state index in [0.29, 0.717) is 16.7 Å². The first-order chi connectivity index (χ1) is 15.0. The Balaban J connectivity index is 1.77. The van der Waals surface area contributed by atoms with E-state index >= 15 is 0 Å². The lowest BCUT2D eigenvalue weighted by atomic mass is 10.0. The van der Waals surface area contributed by atoms with Crippen LogP contribution in [0.2, 0.25) is 0 Å². The minimum absolute atomic E-state index is 0.165. The van der Waals surface area contributed by atoms with Crippen molar-refractivity contribution >= 4 is 23.7 Å². The molecule has 0 heterocycles. The van der Waals surface area contributed by atoms with Crippen LogP contribution in [-0.4, -0.2) is 30.7 Å². The van der Waals surface area contributed by atoms with E-state index in [1.807, 2.05) is 6.07 Å². The Kier molecular flexibility index (Phi) is 6.90. The van der Waals surface area contributed by atoms with Crippen LogP contribution < -0.4 is 10.6 Å². The molecule has 3 aromatic carbocycles. The molecule has 156 valence electrons. The molecule has 3 aromatic rings. The molecule has 0 aliphatic heterocycles. The van der Waals surface area contributed by atoms with Gasteiger partial charge < -0.3 is 10.1 Å². The summed E-state index contributed by atoms with van der Waals surface area (Å²) >= 11 is 0. The van der Waals surface area contributed by atoms with Crippen LogP contribution in [0.5, 0.6) is 0 Å². The van der Waals surface area contributed by atoms with Gasteiger partial charge in [-0.3, -0.25) is 14.9 Å². The Labute approximate surface area is 179 Å². The summed E-state index contributed by atoms with van der Waals surface area (Å²) in [6.45, 7) is 0. The van der Waals surface area contributed by atoms with E-state index in [1.165, 1.54) is 31.3 Å². The van der Waals surface area contributed by atoms with E-state index in [2.05, 4.69) is 10.6 Å². The molecule has 0 unspecified atom stereocenters. The van der Waals surface area contributed by atoms with Gasteiger partial charge in [-0.2, -0.15) is 0 Å². The Morgan fingerprint density at radius 1 is 0.710 bits per heavy atom. The minimum Gasteiger partial charge on any atom is -0.444 e. The fourth-order valence-electron chi connectivity index (χ4n) is 2.83. The molecule has 7 heteroatoms. The van der Waals surface area contributed by atoms with Crippen molar-refractivity contribution in [1.82, 2.24) is 10.6 Å². The number of amides is 3. The van der Waals surface area contributed by atoms with Crippen molar-refractivity contribution < 1.29 is 23.9 Å². The summed E-state index contributed by atoms with van der Waals surface area (Å²) in [6, 6.07) is 22.4. The fourth-order valence-corrected chi connectivity index (χ4v) is 2.83. The molecule has 3 rings (SSSR count). The number of urea groups is 1. The first kappa shape index (κ1) is 21.4. The topological polar surface area (TPSA) is 102 Å². The molecule has 0 saturated heterocycles. The first-order valence-corrected chi connectivity index (χ1v) is 9.48. The molecule has 2 N–H and O–H groups in total. The van der Waals surface area contributed by atoms with Crippen molar-refractivity contribution in [2.45, 2.75) is 6.10 Å². The van der Waals surface area contributed by atoms with Gasteiger partial charge in [0.1, 0.15) is 0 Å². The van der Waals surface area contributed by atoms with Crippen molar-refractivity contribution in [3.63, 3.8) is 0 Å². The SMILES string of the molecule is CNC(=O)NC(=O)[C@H](OC(=O)c1ccc(C(=O)c2ccccc2)cc1)c1ccccc1. The molecule has 0 aliphatic carbocycles. The van der Waals surface area contributed by atoms with Crippen LogP contribution in [0.1, 0.15) is 37.9 Å². The highest BCUT2D eigenvalue weighted by molar-refractivity contribution is 6.09. The number of hydrogen-bond acceptors (Lipinski definition) is 5. The number of imide groups is 1. The Morgan fingerprint density at radius 2 is 1.23 bits per heavy atom. The smallest absolute Gasteiger partial charge is 0.339 e. The predicted molar refractivity (Wildman–Crippen MR) is 114 cm³/mol. The van der Waals surface area contributed by atoms with E-state index in [-0.39, 0.29) is 11.3 Å². The highest BCUT2D eigenvalue weighted by Gasteiger charge is 2.27. The van der Waals surface area contributed by atoms with Gasteiger partial charge in [-0.1, -0.05) is 72.8 Å². The average Bonchev–Trinajstić information content (AvgIpc) is 2.82. The van der Waals surface area contributed by atoms with Crippen molar-refractivity contribution in [1.29, 1.82) is 0 Å². The van der Waals surface area contributed by atoms with Gasteiger partial charge >= 0.3 is 12.0 Å². The maximum atomic E-state index is 12.7. The van der Waals surface area contributed by atoms with Crippen LogP contribution in [0, 0.1) is 0 Å². The van der Waals surface area contributed by atoms with Gasteiger partial charge in [0.05, 0.1) is 5.56 Å². The molecule has 0 bridgehead atoms. The number of esters is 1. The molecule has 1 atom stereocenters. The van der Waals surface area contributed by atoms with E-state index in [0.717, 1.165) is 0 Å². The Bertz CT molecular complexity index is 1080. The zero-order chi connectivity index (χ0) is 22.2. The second-order valence-electron chi connectivity index (χ2n) is 6.54. The minimum atomic E-state index is -1.32. The van der Waals surface area contributed by atoms with Crippen LogP contribution >= 0.6 is 0 Å². The Morgan fingerprint density at radius 3 is 1.81 bits per heavy atom. The third kappa shape index (κ3) is 5.42. The van der Waals surface area contributed by atoms with Gasteiger partial charge in [0.15, 0.2) is 5.78 Å². The number of carbonyl (C=O) groups is 4. The number of hydrogen-bond donors (Lipinski definition) is 2. The van der Waals surface area contributed by atoms with Crippen molar-refractivity contribution in [3.05, 3.63) is 107 Å². The largest absolute Gasteiger partial charge is 0.444 e. The summed E-state index contributed by atoms with van der Waals surface area (Å²) in [7, 11) is 1.37. The monoisotopic (exact) mass is 416 g/mol. The van der Waals surface area contributed by atoms with E-state index < -0.39 is 24.0 Å². The highest BCUT2D eigenvalue weighted by Crippen LogP contribution is 2.20. The molecule has 0 aliphatic rings. The summed E-state index contributed by atoms with van der Waals surface area (Å²) < 4.78 is 5.40. The molecule has 0 aromatic heterocycles. The van der Waals surface area contributed by atoms with Crippen molar-refractivity contribution in [2.24, 2.45) is 0 Å². The van der Waals surface area contributed by atoms with Gasteiger partial charge in [0.25, 0.3) is 5.91 Å². The summed E-state index contributed by atoms with van der Waals surface area (Å²) in [5, 5.41) is 4.39. The van der Waals surface area contributed by atoms with Crippen LogP contribution in [-0.2, 0) is 9.53 Å². The lowest BCUT2D eigenvalue weighted by Crippen LogP contribution is -2.41. The van der Waals surface area contributed by atoms with Gasteiger partial charge in [0.2, 0.25) is 6.10 Å². The lowest BCUT2D eigenvalue weighted by Gasteiger charge is -2.17. The zero-order valence-corrected chi connectivity index (χ0v) is 16.7. The van der Waals surface area contributed by atoms with Crippen LogP contribution in [0.3, 0.4) is 0 Å². The predicted octanol–water partition coefficient (Wildman–Crippen LogP) is 3.27. The Hall–Kier alpha value is -4.26. The van der Waals surface area contributed by atoms with Crippen molar-refractivity contribution in [2.75, 3.05) is 7.05 Å². The normalized spacial score (nSPS) is 11.1. The molecular weight excluding hydrogens is 396 g/mol. The number of ketones is 1. The highest BCUT2D eigenvalue weighted by atomic mass is 16.5. The molecular formula is C24H20N2O5. The third-order valence-electron chi connectivity index (χ3n) is 4.45. The molecule has 0 radical (unpaired) electrons. The number of benzene rings is 3. The van der Waals surface area contributed by atoms with E-state index in [1.54, 1.807) is 54.6 Å². The number of rotatable bonds is 6. The first-order valence-electron chi connectivity index (χ1n) is 9.48. The molecule has 0 spiro atoms. The lowest BCUT2D eigenvalue weighted by molar-refractivity contribution is -0.129. The summed E-state index contributed by atoms with van der Waals surface area (Å²) in [4.78, 5) is 49.2. The second-order valence-corrected chi connectivity index (χ2v) is 6.54. The molecule has 31 heavy (non-hydrogen) atoms. The van der Waals surface area contributed by atoms with Crippen LogP contribution in [0.4, 0.5) is 4.79 Å². The fraction of sp³-hybridized carbons (Fsp3) is 0.0833. The molecule has 0 saturated carbocycles. The van der Waals surface area contributed by atoms with Gasteiger partial charge in [-0.25, -0.2) is 9.59 Å².